The quantitative estimate of drug-likeness (QED) is 0.723. The number of hydrogen-bond acceptors (Lipinski definition) is 3. The zero-order valence-corrected chi connectivity index (χ0v) is 12.0. The van der Waals surface area contributed by atoms with E-state index in [1.165, 1.54) is 12.8 Å². The molecule has 0 aromatic rings. The predicted molar refractivity (Wildman–Crippen MR) is 73.4 cm³/mol. The van der Waals surface area contributed by atoms with E-state index in [2.05, 4.69) is 26.1 Å². The molecular weight excluding hydrogens is 228 g/mol. The fourth-order valence-corrected chi connectivity index (χ4v) is 2.38. The van der Waals surface area contributed by atoms with Gasteiger partial charge in [-0.15, -0.1) is 0 Å². The summed E-state index contributed by atoms with van der Waals surface area (Å²) in [6, 6.07) is 0.253. The van der Waals surface area contributed by atoms with E-state index in [0.717, 1.165) is 25.3 Å². The third-order valence-electron chi connectivity index (χ3n) is 3.44. The van der Waals surface area contributed by atoms with E-state index >= 15 is 0 Å². The first kappa shape index (κ1) is 15.4. The maximum atomic E-state index is 11.8. The van der Waals surface area contributed by atoms with Crippen molar-refractivity contribution >= 4 is 5.91 Å². The summed E-state index contributed by atoms with van der Waals surface area (Å²) in [5, 5.41) is 12.4. The van der Waals surface area contributed by atoms with E-state index in [1.807, 2.05) is 4.90 Å². The monoisotopic (exact) mass is 256 g/mol. The Morgan fingerprint density at radius 3 is 2.67 bits per heavy atom. The molecule has 1 aliphatic heterocycles. The van der Waals surface area contributed by atoms with Gasteiger partial charge in [-0.25, -0.2) is 0 Å². The molecule has 0 radical (unpaired) electrons. The van der Waals surface area contributed by atoms with Gasteiger partial charge in [0.1, 0.15) is 0 Å². The first-order valence-electron chi connectivity index (χ1n) is 7.17. The summed E-state index contributed by atoms with van der Waals surface area (Å²) in [6.45, 7) is 8.40. The van der Waals surface area contributed by atoms with E-state index in [4.69, 9.17) is 0 Å². The number of rotatable bonds is 7. The minimum absolute atomic E-state index is 0.0844. The molecule has 106 valence electrons. The topological polar surface area (TPSA) is 52.6 Å². The van der Waals surface area contributed by atoms with Gasteiger partial charge in [0.25, 0.3) is 0 Å². The molecule has 2 atom stereocenters. The van der Waals surface area contributed by atoms with Crippen LogP contribution in [0.25, 0.3) is 0 Å². The zero-order chi connectivity index (χ0) is 13.5. The Kier molecular flexibility index (Phi) is 6.65. The lowest BCUT2D eigenvalue weighted by Gasteiger charge is -2.18. The van der Waals surface area contributed by atoms with Crippen LogP contribution in [-0.4, -0.2) is 47.7 Å². The zero-order valence-electron chi connectivity index (χ0n) is 12.0. The summed E-state index contributed by atoms with van der Waals surface area (Å²) in [6.07, 6.45) is 3.98. The Morgan fingerprint density at radius 1 is 1.39 bits per heavy atom. The average Bonchev–Trinajstić information content (AvgIpc) is 2.62. The van der Waals surface area contributed by atoms with Gasteiger partial charge in [0.2, 0.25) is 5.91 Å². The van der Waals surface area contributed by atoms with Crippen LogP contribution in [0.4, 0.5) is 0 Å². The van der Waals surface area contributed by atoms with E-state index in [0.29, 0.717) is 13.1 Å². The van der Waals surface area contributed by atoms with Crippen molar-refractivity contribution in [2.24, 2.45) is 5.92 Å². The fourth-order valence-electron chi connectivity index (χ4n) is 2.38. The summed E-state index contributed by atoms with van der Waals surface area (Å²) in [4.78, 5) is 13.8. The molecule has 1 rings (SSSR count). The second-order valence-electron chi connectivity index (χ2n) is 5.97. The number of hydrogen-bond donors (Lipinski definition) is 2. The maximum Gasteiger partial charge on any atom is 0.234 e. The summed E-state index contributed by atoms with van der Waals surface area (Å²) in [7, 11) is 0. The minimum atomic E-state index is -0.249. The van der Waals surface area contributed by atoms with E-state index < -0.39 is 0 Å². The van der Waals surface area contributed by atoms with Gasteiger partial charge < -0.3 is 10.4 Å². The maximum absolute atomic E-state index is 11.8. The van der Waals surface area contributed by atoms with Crippen molar-refractivity contribution in [3.63, 3.8) is 0 Å². The molecule has 0 aromatic carbocycles. The number of β-amino-alcohol motifs (C(OH)–C–C–N with tert-alkyl or cyclic N) is 1. The minimum Gasteiger partial charge on any atom is -0.392 e. The van der Waals surface area contributed by atoms with Crippen LogP contribution in [0.1, 0.15) is 46.5 Å². The lowest BCUT2D eigenvalue weighted by atomic mass is 10.0. The highest BCUT2D eigenvalue weighted by atomic mass is 16.3. The average molecular weight is 256 g/mol. The molecule has 1 aliphatic rings. The van der Waals surface area contributed by atoms with Crippen molar-refractivity contribution in [2.45, 2.75) is 58.6 Å². The highest BCUT2D eigenvalue weighted by Crippen LogP contribution is 2.09. The smallest absolute Gasteiger partial charge is 0.234 e. The fraction of sp³-hybridized carbons (Fsp3) is 0.929. The Balaban J connectivity index is 2.11. The van der Waals surface area contributed by atoms with Crippen molar-refractivity contribution in [1.82, 2.24) is 10.2 Å². The molecule has 1 heterocycles. The molecule has 4 nitrogen and oxygen atoms in total. The SMILES string of the molecule is CC(C)CCCC(C)NC(=O)CN1CC[C@H](O)C1. The van der Waals surface area contributed by atoms with Crippen LogP contribution >= 0.6 is 0 Å². The molecule has 0 aromatic heterocycles. The van der Waals surface area contributed by atoms with E-state index in [1.54, 1.807) is 0 Å². The van der Waals surface area contributed by atoms with Crippen molar-refractivity contribution < 1.29 is 9.90 Å². The van der Waals surface area contributed by atoms with Crippen LogP contribution in [0, 0.1) is 5.92 Å². The highest BCUT2D eigenvalue weighted by Gasteiger charge is 2.22. The van der Waals surface area contributed by atoms with Gasteiger partial charge >= 0.3 is 0 Å². The second-order valence-corrected chi connectivity index (χ2v) is 5.97. The molecule has 18 heavy (non-hydrogen) atoms. The van der Waals surface area contributed by atoms with E-state index in [9.17, 15) is 9.90 Å². The van der Waals surface area contributed by atoms with Crippen LogP contribution in [0.2, 0.25) is 0 Å². The van der Waals surface area contributed by atoms with Gasteiger partial charge in [-0.2, -0.15) is 0 Å². The molecule has 0 bridgehead atoms. The number of carbonyl (C=O) groups is 1. The van der Waals surface area contributed by atoms with Gasteiger partial charge in [-0.3, -0.25) is 9.69 Å². The normalized spacial score (nSPS) is 22.4. The molecule has 1 fully saturated rings. The van der Waals surface area contributed by atoms with Crippen molar-refractivity contribution in [3.05, 3.63) is 0 Å². The van der Waals surface area contributed by atoms with Gasteiger partial charge in [0.15, 0.2) is 0 Å². The molecule has 0 saturated carbocycles. The van der Waals surface area contributed by atoms with Crippen molar-refractivity contribution in [3.8, 4) is 0 Å². The van der Waals surface area contributed by atoms with E-state index in [-0.39, 0.29) is 18.1 Å². The van der Waals surface area contributed by atoms with Gasteiger partial charge in [-0.1, -0.05) is 26.7 Å². The van der Waals surface area contributed by atoms with Crippen LogP contribution in [0.15, 0.2) is 0 Å². The molecular formula is C14H28N2O2. The van der Waals surface area contributed by atoms with Gasteiger partial charge in [0.05, 0.1) is 12.6 Å². The highest BCUT2D eigenvalue weighted by molar-refractivity contribution is 5.78. The third-order valence-corrected chi connectivity index (χ3v) is 3.44. The summed E-state index contributed by atoms with van der Waals surface area (Å²) in [5.74, 6) is 0.820. The van der Waals surface area contributed by atoms with Crippen LogP contribution in [-0.2, 0) is 4.79 Å². The lowest BCUT2D eigenvalue weighted by Crippen LogP contribution is -2.40. The first-order chi connectivity index (χ1) is 8.47. The molecule has 1 saturated heterocycles. The molecule has 0 aliphatic carbocycles. The van der Waals surface area contributed by atoms with Crippen LogP contribution < -0.4 is 5.32 Å². The van der Waals surface area contributed by atoms with Crippen molar-refractivity contribution in [1.29, 1.82) is 0 Å². The number of nitrogens with zero attached hydrogens (tertiary/aromatic N) is 1. The number of aliphatic hydroxyl groups is 1. The number of amides is 1. The second kappa shape index (κ2) is 7.74. The Morgan fingerprint density at radius 2 is 2.11 bits per heavy atom. The molecule has 4 heteroatoms. The lowest BCUT2D eigenvalue weighted by molar-refractivity contribution is -0.122. The number of aliphatic hydroxyl groups excluding tert-OH is 1. The molecule has 1 amide bonds. The van der Waals surface area contributed by atoms with Gasteiger partial charge in [0, 0.05) is 19.1 Å². The van der Waals surface area contributed by atoms with Crippen molar-refractivity contribution in [2.75, 3.05) is 19.6 Å². The summed E-state index contributed by atoms with van der Waals surface area (Å²) < 4.78 is 0. The Bertz CT molecular complexity index is 256. The standard InChI is InChI=1S/C14H28N2O2/c1-11(2)5-4-6-12(3)15-14(18)10-16-8-7-13(17)9-16/h11-13,17H,4-10H2,1-3H3,(H,15,18)/t12?,13-/m0/s1. The Labute approximate surface area is 111 Å². The molecule has 0 spiro atoms. The first-order valence-corrected chi connectivity index (χ1v) is 7.17. The summed E-state index contributed by atoms with van der Waals surface area (Å²) in [5.41, 5.74) is 0. The van der Waals surface area contributed by atoms with Crippen LogP contribution in [0.5, 0.6) is 0 Å². The molecule has 1 unspecified atom stereocenters. The summed E-state index contributed by atoms with van der Waals surface area (Å²) >= 11 is 0. The third kappa shape index (κ3) is 6.36. The Hall–Kier alpha value is -0.610. The van der Waals surface area contributed by atoms with Gasteiger partial charge in [-0.05, 0) is 25.7 Å². The molecule has 2 N–H and O–H groups in total. The number of nitrogens with one attached hydrogen (secondary N) is 1. The number of likely N-dealkylation sites (tertiary alicyclic amines) is 1. The predicted octanol–water partition coefficient (Wildman–Crippen LogP) is 1.38. The largest absolute Gasteiger partial charge is 0.392 e. The number of carbonyl (C=O) groups excluding carboxylic acids is 1. The van der Waals surface area contributed by atoms with Crippen LogP contribution in [0.3, 0.4) is 0 Å².